The predicted molar refractivity (Wildman–Crippen MR) is 102 cm³/mol. The van der Waals surface area contributed by atoms with Crippen molar-refractivity contribution in [3.63, 3.8) is 0 Å². The second-order valence-corrected chi connectivity index (χ2v) is 6.59. The van der Waals surface area contributed by atoms with E-state index >= 15 is 0 Å². The molecule has 0 heterocycles. The number of hydrogen-bond acceptors (Lipinski definition) is 3. The summed E-state index contributed by atoms with van der Waals surface area (Å²) in [5.74, 6) is 0.672. The molecule has 0 saturated heterocycles. The first-order valence-electron chi connectivity index (χ1n) is 9.30. The molecular formula is C22H28O4. The summed E-state index contributed by atoms with van der Waals surface area (Å²) in [7, 11) is 0. The van der Waals surface area contributed by atoms with Crippen molar-refractivity contribution < 1.29 is 19.7 Å². The lowest BCUT2D eigenvalue weighted by Crippen LogP contribution is -2.17. The highest BCUT2D eigenvalue weighted by atomic mass is 16.5. The summed E-state index contributed by atoms with van der Waals surface area (Å²) in [5, 5.41) is 18.8. The highest BCUT2D eigenvalue weighted by molar-refractivity contribution is 5.66. The molecule has 0 radical (unpaired) electrons. The lowest BCUT2D eigenvalue weighted by atomic mass is 9.91. The molecule has 3 atom stereocenters. The Bertz CT molecular complexity index is 629. The maximum atomic E-state index is 10.4. The van der Waals surface area contributed by atoms with E-state index in [1.54, 1.807) is 6.08 Å². The van der Waals surface area contributed by atoms with Crippen molar-refractivity contribution in [2.75, 3.05) is 6.61 Å². The largest absolute Gasteiger partial charge is 0.493 e. The van der Waals surface area contributed by atoms with Crippen LogP contribution >= 0.6 is 0 Å². The maximum absolute atomic E-state index is 10.4. The third-order valence-corrected chi connectivity index (χ3v) is 4.65. The lowest BCUT2D eigenvalue weighted by Gasteiger charge is -2.17. The van der Waals surface area contributed by atoms with E-state index in [0.29, 0.717) is 18.9 Å². The molecule has 4 heteroatoms. The second-order valence-electron chi connectivity index (χ2n) is 6.59. The van der Waals surface area contributed by atoms with Crippen molar-refractivity contribution >= 4 is 5.97 Å². The summed E-state index contributed by atoms with van der Waals surface area (Å²) in [6.07, 6.45) is 11.8. The van der Waals surface area contributed by atoms with Gasteiger partial charge in [-0.25, -0.2) is 0 Å². The Morgan fingerprint density at radius 2 is 2.00 bits per heavy atom. The Labute approximate surface area is 155 Å². The van der Waals surface area contributed by atoms with E-state index in [4.69, 9.17) is 9.84 Å². The van der Waals surface area contributed by atoms with Gasteiger partial charge in [-0.05, 0) is 68.2 Å². The molecule has 0 aliphatic heterocycles. The molecule has 1 fully saturated rings. The number of aliphatic carboxylic acids is 1. The second kappa shape index (κ2) is 11.3. The molecule has 0 amide bonds. The molecule has 2 rings (SSSR count). The van der Waals surface area contributed by atoms with Crippen LogP contribution in [0.1, 0.15) is 38.5 Å². The molecular weight excluding hydrogens is 328 g/mol. The summed E-state index contributed by atoms with van der Waals surface area (Å²) >= 11 is 0. The third kappa shape index (κ3) is 7.30. The molecule has 1 aromatic carbocycles. The zero-order valence-electron chi connectivity index (χ0n) is 15.1. The Morgan fingerprint density at radius 1 is 1.19 bits per heavy atom. The number of carbonyl (C=O) groups is 1. The van der Waals surface area contributed by atoms with Crippen molar-refractivity contribution in [3.05, 3.63) is 60.4 Å². The van der Waals surface area contributed by atoms with Crippen LogP contribution in [0, 0.1) is 11.8 Å². The van der Waals surface area contributed by atoms with Crippen LogP contribution in [0.4, 0.5) is 0 Å². The first-order chi connectivity index (χ1) is 12.7. The molecule has 1 unspecified atom stereocenters. The van der Waals surface area contributed by atoms with Crippen LogP contribution in [0.5, 0.6) is 5.75 Å². The van der Waals surface area contributed by atoms with Gasteiger partial charge in [0.1, 0.15) is 5.75 Å². The van der Waals surface area contributed by atoms with Gasteiger partial charge in [0.2, 0.25) is 0 Å². The van der Waals surface area contributed by atoms with Gasteiger partial charge in [-0.15, -0.1) is 5.73 Å². The van der Waals surface area contributed by atoms with Crippen molar-refractivity contribution in [1.82, 2.24) is 0 Å². The van der Waals surface area contributed by atoms with Crippen LogP contribution in [0.2, 0.25) is 0 Å². The summed E-state index contributed by atoms with van der Waals surface area (Å²) in [6.45, 7) is 0.646. The average Bonchev–Trinajstić information content (AvgIpc) is 2.98. The number of hydrogen-bond donors (Lipinski definition) is 2. The topological polar surface area (TPSA) is 66.8 Å². The number of carboxylic acids is 1. The molecule has 1 aliphatic rings. The summed E-state index contributed by atoms with van der Waals surface area (Å²) < 4.78 is 5.68. The van der Waals surface area contributed by atoms with Crippen molar-refractivity contribution in [1.29, 1.82) is 0 Å². The van der Waals surface area contributed by atoms with Crippen LogP contribution in [0.15, 0.2) is 60.4 Å². The number of rotatable bonds is 10. The van der Waals surface area contributed by atoms with Crippen molar-refractivity contribution in [3.8, 4) is 5.75 Å². The maximum Gasteiger partial charge on any atom is 0.303 e. The smallest absolute Gasteiger partial charge is 0.303 e. The number of allylic oxidation sites excluding steroid dienone is 2. The summed E-state index contributed by atoms with van der Waals surface area (Å²) in [5.41, 5.74) is 3.03. The summed E-state index contributed by atoms with van der Waals surface area (Å²) in [6, 6.07) is 9.78. The fourth-order valence-electron chi connectivity index (χ4n) is 3.25. The average molecular weight is 356 g/mol. The van der Waals surface area contributed by atoms with E-state index in [1.165, 1.54) is 0 Å². The fourth-order valence-corrected chi connectivity index (χ4v) is 3.25. The van der Waals surface area contributed by atoms with Crippen molar-refractivity contribution in [2.45, 2.75) is 44.6 Å². The van der Waals surface area contributed by atoms with Gasteiger partial charge in [0.25, 0.3) is 0 Å². The van der Waals surface area contributed by atoms with Gasteiger partial charge in [0, 0.05) is 6.42 Å². The van der Waals surface area contributed by atoms with Gasteiger partial charge in [-0.3, -0.25) is 4.79 Å². The van der Waals surface area contributed by atoms with E-state index in [-0.39, 0.29) is 18.4 Å². The van der Waals surface area contributed by atoms with E-state index < -0.39 is 5.97 Å². The number of para-hydroxylation sites is 1. The normalized spacial score (nSPS) is 22.1. The molecule has 0 bridgehead atoms. The van der Waals surface area contributed by atoms with Crippen LogP contribution < -0.4 is 4.74 Å². The molecule has 2 N–H and O–H groups in total. The number of benzene rings is 1. The number of ether oxygens (including phenoxy) is 1. The van der Waals surface area contributed by atoms with Gasteiger partial charge >= 0.3 is 5.97 Å². The standard InChI is InChI=1S/C22H28O4/c23-21-16-15-18(20(21)13-6-1-2-7-14-22(24)25)10-8-9-17-26-19-11-4-3-5-12-19/h2-6,8,10-12,18,20-21,23H,7,9,13-17H2,(H,24,25)/b10-8+/t1?,18?,20-,21+/m1/s1. The van der Waals surface area contributed by atoms with Gasteiger partial charge < -0.3 is 14.9 Å². The monoisotopic (exact) mass is 356 g/mol. The van der Waals surface area contributed by atoms with Gasteiger partial charge in [0.15, 0.2) is 0 Å². The molecule has 140 valence electrons. The minimum atomic E-state index is -0.796. The SMILES string of the molecule is O=C(O)CCC=C=CC[C@@H]1C(/C=C/CCOc2ccccc2)CC[C@@H]1O. The Kier molecular flexibility index (Phi) is 8.74. The Morgan fingerprint density at radius 3 is 2.77 bits per heavy atom. The first kappa shape index (κ1) is 20.0. The number of aliphatic hydroxyl groups is 1. The highest BCUT2D eigenvalue weighted by Gasteiger charge is 2.32. The van der Waals surface area contributed by atoms with Gasteiger partial charge in [-0.2, -0.15) is 0 Å². The highest BCUT2D eigenvalue weighted by Crippen LogP contribution is 2.35. The lowest BCUT2D eigenvalue weighted by molar-refractivity contribution is -0.136. The quantitative estimate of drug-likeness (QED) is 0.371. The fraction of sp³-hybridized carbons (Fsp3) is 0.455. The molecule has 0 spiro atoms. The van der Waals surface area contributed by atoms with Crippen LogP contribution in [0.25, 0.3) is 0 Å². The number of carboxylic acid groups (broad SMARTS) is 1. The Hall–Kier alpha value is -2.29. The zero-order valence-corrected chi connectivity index (χ0v) is 15.1. The summed E-state index contributed by atoms with van der Waals surface area (Å²) in [4.78, 5) is 10.4. The van der Waals surface area contributed by atoms with E-state index in [0.717, 1.165) is 31.4 Å². The molecule has 0 aromatic heterocycles. The Balaban J connectivity index is 1.72. The first-order valence-corrected chi connectivity index (χ1v) is 9.30. The molecule has 1 aliphatic carbocycles. The molecule has 26 heavy (non-hydrogen) atoms. The van der Waals surface area contributed by atoms with Gasteiger partial charge in [-0.1, -0.05) is 30.4 Å². The van der Waals surface area contributed by atoms with Crippen LogP contribution in [-0.2, 0) is 4.79 Å². The minimum Gasteiger partial charge on any atom is -0.493 e. The van der Waals surface area contributed by atoms with E-state index in [2.05, 4.69) is 17.9 Å². The van der Waals surface area contributed by atoms with Crippen LogP contribution in [-0.4, -0.2) is 28.9 Å². The molecule has 4 nitrogen and oxygen atoms in total. The minimum absolute atomic E-state index is 0.128. The van der Waals surface area contributed by atoms with E-state index in [1.807, 2.05) is 36.4 Å². The predicted octanol–water partition coefficient (Wildman–Crippen LogP) is 4.37. The van der Waals surface area contributed by atoms with E-state index in [9.17, 15) is 9.90 Å². The molecule has 1 saturated carbocycles. The molecule has 1 aromatic rings. The third-order valence-electron chi connectivity index (χ3n) is 4.65. The zero-order chi connectivity index (χ0) is 18.6. The van der Waals surface area contributed by atoms with Crippen molar-refractivity contribution in [2.24, 2.45) is 11.8 Å². The number of aliphatic hydroxyl groups excluding tert-OH is 1. The van der Waals surface area contributed by atoms with Crippen LogP contribution in [0.3, 0.4) is 0 Å². The van der Waals surface area contributed by atoms with Gasteiger partial charge in [0.05, 0.1) is 12.7 Å².